The Hall–Kier alpha value is -1.32. The van der Waals surface area contributed by atoms with Crippen molar-refractivity contribution in [2.45, 2.75) is 13.3 Å². The summed E-state index contributed by atoms with van der Waals surface area (Å²) in [7, 11) is 0. The second kappa shape index (κ2) is 2.59. The predicted octanol–water partition coefficient (Wildman–Crippen LogP) is -1.69. The highest BCUT2D eigenvalue weighted by Gasteiger charge is 2.54. The minimum Gasteiger partial charge on any atom is -0.550 e. The van der Waals surface area contributed by atoms with E-state index in [-0.39, 0.29) is 11.8 Å². The minimum atomic E-state index is -1.29. The predicted molar refractivity (Wildman–Crippen MR) is 42.3 cm³/mol. The van der Waals surface area contributed by atoms with Gasteiger partial charge in [-0.3, -0.25) is 0 Å². The molecule has 2 bridgehead atoms. The third kappa shape index (κ3) is 0.882. The summed E-state index contributed by atoms with van der Waals surface area (Å²) in [5.74, 6) is -3.94. The molecule has 1 fully saturated rings. The van der Waals surface area contributed by atoms with Crippen LogP contribution in [0, 0.1) is 23.2 Å². The van der Waals surface area contributed by atoms with Crippen molar-refractivity contribution in [1.82, 2.24) is 0 Å². The molecule has 4 atom stereocenters. The first-order chi connectivity index (χ1) is 6.48. The largest absolute Gasteiger partial charge is 0.550 e. The van der Waals surface area contributed by atoms with Gasteiger partial charge in [0.2, 0.25) is 0 Å². The molecule has 1 saturated carbocycles. The third-order valence-corrected chi connectivity index (χ3v) is 3.65. The Morgan fingerprint density at radius 2 is 2.00 bits per heavy atom. The van der Waals surface area contributed by atoms with Gasteiger partial charge in [-0.15, -0.1) is 0 Å². The minimum absolute atomic E-state index is 0.201. The first kappa shape index (κ1) is 9.24. The monoisotopic (exact) mass is 194 g/mol. The lowest BCUT2D eigenvalue weighted by atomic mass is 9.70. The van der Waals surface area contributed by atoms with E-state index in [0.29, 0.717) is 6.42 Å². The Morgan fingerprint density at radius 3 is 2.43 bits per heavy atom. The maximum Gasteiger partial charge on any atom is 0.0486 e. The maximum atomic E-state index is 11.0. The van der Waals surface area contributed by atoms with Crippen LogP contribution in [0.15, 0.2) is 12.2 Å². The quantitative estimate of drug-likeness (QED) is 0.491. The first-order valence-electron chi connectivity index (χ1n) is 4.58. The van der Waals surface area contributed by atoms with Gasteiger partial charge in [0.15, 0.2) is 0 Å². The molecule has 4 nitrogen and oxygen atoms in total. The molecule has 0 amide bonds. The summed E-state index contributed by atoms with van der Waals surface area (Å²) < 4.78 is 0. The van der Waals surface area contributed by atoms with Crippen molar-refractivity contribution >= 4 is 11.9 Å². The Labute approximate surface area is 81.2 Å². The zero-order valence-corrected chi connectivity index (χ0v) is 7.73. The molecule has 0 heterocycles. The van der Waals surface area contributed by atoms with Crippen LogP contribution >= 0.6 is 0 Å². The molecule has 0 aromatic heterocycles. The number of carbonyl (C=O) groups excluding carboxylic acids is 2. The molecule has 2 aliphatic carbocycles. The van der Waals surface area contributed by atoms with Gasteiger partial charge < -0.3 is 19.8 Å². The van der Waals surface area contributed by atoms with Crippen LogP contribution in [0.5, 0.6) is 0 Å². The molecule has 2 aliphatic rings. The van der Waals surface area contributed by atoms with E-state index in [1.54, 1.807) is 12.2 Å². The van der Waals surface area contributed by atoms with E-state index >= 15 is 0 Å². The van der Waals surface area contributed by atoms with Crippen LogP contribution in [-0.2, 0) is 9.59 Å². The topological polar surface area (TPSA) is 80.3 Å². The van der Waals surface area contributed by atoms with Crippen molar-refractivity contribution in [2.75, 3.05) is 0 Å². The van der Waals surface area contributed by atoms with Crippen molar-refractivity contribution in [2.24, 2.45) is 23.2 Å². The molecule has 2 rings (SSSR count). The molecular weight excluding hydrogens is 184 g/mol. The fourth-order valence-corrected chi connectivity index (χ4v) is 2.79. The Morgan fingerprint density at radius 1 is 1.36 bits per heavy atom. The van der Waals surface area contributed by atoms with Gasteiger partial charge in [-0.05, 0) is 18.3 Å². The highest BCUT2D eigenvalue weighted by atomic mass is 16.4. The molecule has 0 radical (unpaired) electrons. The fraction of sp³-hybridized carbons (Fsp3) is 0.600. The van der Waals surface area contributed by atoms with E-state index in [9.17, 15) is 19.8 Å². The van der Waals surface area contributed by atoms with Crippen LogP contribution < -0.4 is 10.2 Å². The van der Waals surface area contributed by atoms with Crippen LogP contribution in [-0.4, -0.2) is 11.9 Å². The van der Waals surface area contributed by atoms with E-state index in [1.165, 1.54) is 6.92 Å². The molecule has 0 unspecified atom stereocenters. The molecule has 14 heavy (non-hydrogen) atoms. The smallest absolute Gasteiger partial charge is 0.0486 e. The second-order valence-electron chi connectivity index (χ2n) is 4.26. The van der Waals surface area contributed by atoms with Gasteiger partial charge in [-0.1, -0.05) is 19.1 Å². The molecular formula is C10H10O4-2. The number of carboxylic acid groups (broad SMARTS) is 2. The number of fused-ring (bicyclic) bond motifs is 2. The third-order valence-electron chi connectivity index (χ3n) is 3.65. The number of hydrogen-bond acceptors (Lipinski definition) is 4. The normalized spacial score (nSPS) is 44.2. The van der Waals surface area contributed by atoms with Crippen molar-refractivity contribution in [3.8, 4) is 0 Å². The van der Waals surface area contributed by atoms with Gasteiger partial charge in [0.05, 0.1) is 0 Å². The van der Waals surface area contributed by atoms with E-state index < -0.39 is 23.3 Å². The second-order valence-corrected chi connectivity index (χ2v) is 4.26. The SMILES string of the molecule is C[C@@]1(C(=O)[O-])[C@@H]2C=C[C@@H](C2)[C@@H]1C(=O)[O-]. The number of rotatable bonds is 2. The molecule has 0 spiro atoms. The van der Waals surface area contributed by atoms with Gasteiger partial charge in [0.25, 0.3) is 0 Å². The van der Waals surface area contributed by atoms with Crippen LogP contribution in [0.4, 0.5) is 0 Å². The van der Waals surface area contributed by atoms with Gasteiger partial charge >= 0.3 is 0 Å². The summed E-state index contributed by atoms with van der Waals surface area (Å²) in [6, 6.07) is 0. The van der Waals surface area contributed by atoms with Crippen molar-refractivity contribution in [1.29, 1.82) is 0 Å². The summed E-state index contributed by atoms with van der Waals surface area (Å²) in [6.45, 7) is 1.44. The van der Waals surface area contributed by atoms with E-state index in [0.717, 1.165) is 0 Å². The van der Waals surface area contributed by atoms with Crippen LogP contribution in [0.1, 0.15) is 13.3 Å². The lowest BCUT2D eigenvalue weighted by Crippen LogP contribution is -2.53. The fourth-order valence-electron chi connectivity index (χ4n) is 2.79. The molecule has 0 N–H and O–H groups in total. The lowest BCUT2D eigenvalue weighted by molar-refractivity contribution is -0.335. The summed E-state index contributed by atoms with van der Waals surface area (Å²) in [5.41, 5.74) is -1.29. The summed E-state index contributed by atoms with van der Waals surface area (Å²) in [4.78, 5) is 21.9. The highest BCUT2D eigenvalue weighted by Crippen LogP contribution is 2.55. The summed E-state index contributed by atoms with van der Waals surface area (Å²) in [5, 5.41) is 21.9. The molecule has 0 saturated heterocycles. The average molecular weight is 194 g/mol. The summed E-state index contributed by atoms with van der Waals surface area (Å²) in [6.07, 6.45) is 4.14. The maximum absolute atomic E-state index is 11.0. The Balaban J connectivity index is 2.45. The zero-order chi connectivity index (χ0) is 10.5. The van der Waals surface area contributed by atoms with Gasteiger partial charge in [-0.25, -0.2) is 0 Å². The molecule has 0 aromatic carbocycles. The zero-order valence-electron chi connectivity index (χ0n) is 7.73. The van der Waals surface area contributed by atoms with E-state index in [1.807, 2.05) is 0 Å². The van der Waals surface area contributed by atoms with Gasteiger partial charge in [0, 0.05) is 23.3 Å². The number of carboxylic acids is 2. The van der Waals surface area contributed by atoms with Crippen LogP contribution in [0.25, 0.3) is 0 Å². The first-order valence-corrected chi connectivity index (χ1v) is 4.58. The Bertz CT molecular complexity index is 333. The molecule has 76 valence electrons. The standard InChI is InChI=1S/C10H12O4/c1-10(9(13)14)6-3-2-5(4-6)7(10)8(11)12/h2-3,5-7H,4H2,1H3,(H,11,12)(H,13,14)/p-2/t5-,6+,7+,10+/m0/s1. The number of hydrogen-bond donors (Lipinski definition) is 0. The number of allylic oxidation sites excluding steroid dienone is 2. The van der Waals surface area contributed by atoms with Crippen molar-refractivity contribution in [3.05, 3.63) is 12.2 Å². The van der Waals surface area contributed by atoms with Gasteiger partial charge in [-0.2, -0.15) is 0 Å². The van der Waals surface area contributed by atoms with Gasteiger partial charge in [0.1, 0.15) is 0 Å². The van der Waals surface area contributed by atoms with Crippen LogP contribution in [0.3, 0.4) is 0 Å². The summed E-state index contributed by atoms with van der Waals surface area (Å²) >= 11 is 0. The number of carbonyl (C=O) groups is 2. The van der Waals surface area contributed by atoms with E-state index in [2.05, 4.69) is 0 Å². The van der Waals surface area contributed by atoms with Crippen molar-refractivity contribution < 1.29 is 19.8 Å². The number of aliphatic carboxylic acids is 2. The van der Waals surface area contributed by atoms with Crippen LogP contribution in [0.2, 0.25) is 0 Å². The molecule has 0 aromatic rings. The lowest BCUT2D eigenvalue weighted by Gasteiger charge is -2.40. The average Bonchev–Trinajstić information content (AvgIpc) is 2.61. The highest BCUT2D eigenvalue weighted by molar-refractivity contribution is 5.83. The Kier molecular flexibility index (Phi) is 1.71. The van der Waals surface area contributed by atoms with Crippen molar-refractivity contribution in [3.63, 3.8) is 0 Å². The molecule has 4 heteroatoms. The van der Waals surface area contributed by atoms with E-state index in [4.69, 9.17) is 0 Å². The molecule has 0 aliphatic heterocycles.